The molecule has 0 amide bonds. The van der Waals surface area contributed by atoms with Gasteiger partial charge in [-0.15, -0.1) is 0 Å². The maximum absolute atomic E-state index is 12.6. The van der Waals surface area contributed by atoms with Gasteiger partial charge in [0.05, 0.1) is 24.8 Å². The van der Waals surface area contributed by atoms with Gasteiger partial charge in [0.1, 0.15) is 0 Å². The summed E-state index contributed by atoms with van der Waals surface area (Å²) in [6.45, 7) is 0.159. The lowest BCUT2D eigenvalue weighted by molar-refractivity contribution is 0.0490. The highest BCUT2D eigenvalue weighted by Crippen LogP contribution is 2.51. The minimum Gasteiger partial charge on any atom is -0.392 e. The summed E-state index contributed by atoms with van der Waals surface area (Å²) in [7, 11) is 0. The van der Waals surface area contributed by atoms with Crippen LogP contribution in [0.5, 0.6) is 0 Å². The Balaban J connectivity index is 2.04. The van der Waals surface area contributed by atoms with E-state index in [4.69, 9.17) is 5.11 Å². The number of hydrogen-bond donors (Lipinski definition) is 1. The lowest BCUT2D eigenvalue weighted by Crippen LogP contribution is -2.20. The Morgan fingerprint density at radius 2 is 2.29 bits per heavy atom. The molecule has 78 valence electrons. The molecule has 1 fully saturated rings. The van der Waals surface area contributed by atoms with Crippen molar-refractivity contribution in [3.63, 3.8) is 0 Å². The summed E-state index contributed by atoms with van der Waals surface area (Å²) in [5, 5.41) is 12.7. The summed E-state index contributed by atoms with van der Waals surface area (Å²) in [6.07, 6.45) is 1.98. The largest absolute Gasteiger partial charge is 0.392 e. The number of aliphatic hydroxyl groups is 1. The molecule has 0 bridgehead atoms. The van der Waals surface area contributed by atoms with Gasteiger partial charge in [0.15, 0.2) is 0 Å². The Hall–Kier alpha value is -0.970. The number of nitrogens with zero attached hydrogens (tertiary/aromatic N) is 2. The topological polar surface area (TPSA) is 38.1 Å². The quantitative estimate of drug-likeness (QED) is 0.801. The van der Waals surface area contributed by atoms with Crippen LogP contribution in [0.15, 0.2) is 12.4 Å². The van der Waals surface area contributed by atoms with E-state index in [9.17, 15) is 8.78 Å². The third-order valence-electron chi connectivity index (χ3n) is 2.70. The number of halogens is 2. The smallest absolute Gasteiger partial charge is 0.245 e. The first kappa shape index (κ1) is 9.58. The van der Waals surface area contributed by atoms with E-state index in [1.54, 1.807) is 6.20 Å². The van der Waals surface area contributed by atoms with Crippen molar-refractivity contribution in [2.75, 3.05) is 0 Å². The Morgan fingerprint density at radius 1 is 1.57 bits per heavy atom. The van der Waals surface area contributed by atoms with Crippen molar-refractivity contribution in [1.82, 2.24) is 9.78 Å². The van der Waals surface area contributed by atoms with Crippen LogP contribution in [-0.4, -0.2) is 21.3 Å². The van der Waals surface area contributed by atoms with Gasteiger partial charge in [-0.2, -0.15) is 5.10 Å². The van der Waals surface area contributed by atoms with E-state index < -0.39 is 11.8 Å². The number of aromatic nitrogens is 2. The van der Waals surface area contributed by atoms with E-state index in [-0.39, 0.29) is 13.2 Å². The van der Waals surface area contributed by atoms with Crippen molar-refractivity contribution in [2.24, 2.45) is 5.41 Å². The van der Waals surface area contributed by atoms with E-state index in [1.165, 1.54) is 10.9 Å². The minimum atomic E-state index is -2.27. The molecule has 1 aliphatic rings. The molecule has 1 aromatic rings. The lowest BCUT2D eigenvalue weighted by atomic mass is 10.1. The van der Waals surface area contributed by atoms with E-state index in [0.29, 0.717) is 18.4 Å². The van der Waals surface area contributed by atoms with Crippen LogP contribution < -0.4 is 0 Å². The molecular formula is C9H12F2N2O. The van der Waals surface area contributed by atoms with Gasteiger partial charge in [0.2, 0.25) is 6.43 Å². The van der Waals surface area contributed by atoms with Gasteiger partial charge in [-0.3, -0.25) is 4.68 Å². The SMILES string of the molecule is OCc1cnn(CC2(C(F)F)CC2)c1. The zero-order chi connectivity index (χ0) is 10.2. The van der Waals surface area contributed by atoms with Crippen LogP contribution in [0.3, 0.4) is 0 Å². The van der Waals surface area contributed by atoms with Gasteiger partial charge in [-0.05, 0) is 12.8 Å². The van der Waals surface area contributed by atoms with E-state index in [2.05, 4.69) is 5.10 Å². The molecule has 1 heterocycles. The van der Waals surface area contributed by atoms with E-state index in [0.717, 1.165) is 0 Å². The molecule has 0 spiro atoms. The first-order valence-corrected chi connectivity index (χ1v) is 4.57. The van der Waals surface area contributed by atoms with Gasteiger partial charge in [0, 0.05) is 11.8 Å². The fourth-order valence-corrected chi connectivity index (χ4v) is 1.50. The summed E-state index contributed by atoms with van der Waals surface area (Å²) in [5.41, 5.74) is -0.186. The average Bonchev–Trinajstić information content (AvgIpc) is 2.78. The molecule has 2 rings (SSSR count). The number of rotatable bonds is 4. The molecule has 14 heavy (non-hydrogen) atoms. The Morgan fingerprint density at radius 3 is 2.71 bits per heavy atom. The van der Waals surface area contributed by atoms with Crippen molar-refractivity contribution in [2.45, 2.75) is 32.4 Å². The number of alkyl halides is 2. The van der Waals surface area contributed by atoms with E-state index >= 15 is 0 Å². The predicted octanol–water partition coefficient (Wildman–Crippen LogP) is 1.42. The molecule has 0 aromatic carbocycles. The molecular weight excluding hydrogens is 190 g/mol. The van der Waals surface area contributed by atoms with E-state index in [1.807, 2.05) is 0 Å². The summed E-state index contributed by atoms with van der Waals surface area (Å²) in [4.78, 5) is 0. The molecule has 0 radical (unpaired) electrons. The summed E-state index contributed by atoms with van der Waals surface area (Å²) < 4.78 is 26.6. The fraction of sp³-hybridized carbons (Fsp3) is 0.667. The molecule has 1 aromatic heterocycles. The molecule has 0 saturated heterocycles. The van der Waals surface area contributed by atoms with Gasteiger partial charge in [-0.25, -0.2) is 8.78 Å². The maximum atomic E-state index is 12.6. The highest BCUT2D eigenvalue weighted by molar-refractivity contribution is 5.03. The van der Waals surface area contributed by atoms with Crippen LogP contribution in [0, 0.1) is 5.41 Å². The Labute approximate surface area is 80.3 Å². The van der Waals surface area contributed by atoms with Crippen LogP contribution in [0.4, 0.5) is 8.78 Å². The molecule has 1 aliphatic carbocycles. The van der Waals surface area contributed by atoms with Crippen molar-refractivity contribution >= 4 is 0 Å². The van der Waals surface area contributed by atoms with Gasteiger partial charge in [0.25, 0.3) is 0 Å². The third-order valence-corrected chi connectivity index (χ3v) is 2.70. The molecule has 0 unspecified atom stereocenters. The Bertz CT molecular complexity index is 320. The van der Waals surface area contributed by atoms with Crippen LogP contribution in [0.1, 0.15) is 18.4 Å². The summed E-state index contributed by atoms with van der Waals surface area (Å²) in [6, 6.07) is 0. The highest BCUT2D eigenvalue weighted by atomic mass is 19.3. The van der Waals surface area contributed by atoms with Gasteiger partial charge < -0.3 is 5.11 Å². The second-order valence-corrected chi connectivity index (χ2v) is 3.87. The molecule has 0 atom stereocenters. The van der Waals surface area contributed by atoms with Crippen LogP contribution >= 0.6 is 0 Å². The van der Waals surface area contributed by atoms with Crippen molar-refractivity contribution < 1.29 is 13.9 Å². The van der Waals surface area contributed by atoms with Gasteiger partial charge >= 0.3 is 0 Å². The first-order chi connectivity index (χ1) is 6.66. The van der Waals surface area contributed by atoms with Crippen LogP contribution in [-0.2, 0) is 13.2 Å². The molecule has 5 heteroatoms. The monoisotopic (exact) mass is 202 g/mol. The fourth-order valence-electron chi connectivity index (χ4n) is 1.50. The zero-order valence-electron chi connectivity index (χ0n) is 7.66. The minimum absolute atomic E-state index is 0.0956. The average molecular weight is 202 g/mol. The van der Waals surface area contributed by atoms with Crippen molar-refractivity contribution in [1.29, 1.82) is 0 Å². The van der Waals surface area contributed by atoms with Gasteiger partial charge in [-0.1, -0.05) is 0 Å². The summed E-state index contributed by atoms with van der Waals surface area (Å²) in [5.74, 6) is 0. The zero-order valence-corrected chi connectivity index (χ0v) is 7.66. The number of aliphatic hydroxyl groups excluding tert-OH is 1. The molecule has 1 N–H and O–H groups in total. The Kier molecular flexibility index (Phi) is 2.26. The second-order valence-electron chi connectivity index (χ2n) is 3.87. The van der Waals surface area contributed by atoms with Crippen molar-refractivity contribution in [3.8, 4) is 0 Å². The standard InChI is InChI=1S/C9H12F2N2O/c10-8(11)9(1-2-9)6-13-4-7(5-14)3-12-13/h3-4,8,14H,1-2,5-6H2. The lowest BCUT2D eigenvalue weighted by Gasteiger charge is -2.13. The normalized spacial score (nSPS) is 18.9. The second kappa shape index (κ2) is 3.31. The van der Waals surface area contributed by atoms with Crippen molar-refractivity contribution in [3.05, 3.63) is 18.0 Å². The maximum Gasteiger partial charge on any atom is 0.245 e. The highest BCUT2D eigenvalue weighted by Gasteiger charge is 2.51. The van der Waals surface area contributed by atoms with Crippen LogP contribution in [0.25, 0.3) is 0 Å². The van der Waals surface area contributed by atoms with Crippen LogP contribution in [0.2, 0.25) is 0 Å². The number of hydrogen-bond acceptors (Lipinski definition) is 2. The molecule has 0 aliphatic heterocycles. The predicted molar refractivity (Wildman–Crippen MR) is 45.8 cm³/mol. The molecule has 1 saturated carbocycles. The third kappa shape index (κ3) is 1.64. The first-order valence-electron chi connectivity index (χ1n) is 4.57. The summed E-state index contributed by atoms with van der Waals surface area (Å²) >= 11 is 0. The molecule has 3 nitrogen and oxygen atoms in total.